The molecule has 21 atom stereocenters. The number of aliphatic hydroxyl groups excluding tert-OH is 2. The monoisotopic (exact) mass is 2010 g/mol. The summed E-state index contributed by atoms with van der Waals surface area (Å²) in [6.07, 6.45) is -5.41. The number of alkyl carbamates (subject to hydrolysis) is 1. The molecule has 0 aromatic heterocycles. The van der Waals surface area contributed by atoms with Crippen molar-refractivity contribution < 1.29 is 116 Å². The molecule has 3 saturated heterocycles. The van der Waals surface area contributed by atoms with E-state index in [4.69, 9.17) is 52.5 Å². The largest absolute Gasteiger partial charge is 0.508 e. The maximum absolute atomic E-state index is 15.9. The van der Waals surface area contributed by atoms with Crippen molar-refractivity contribution in [2.75, 3.05) is 62.8 Å². The van der Waals surface area contributed by atoms with Gasteiger partial charge in [-0.2, -0.15) is 0 Å². The van der Waals surface area contributed by atoms with Crippen molar-refractivity contribution >= 4 is 155 Å². The van der Waals surface area contributed by atoms with E-state index in [9.17, 15) is 58.8 Å². The zero-order valence-electron chi connectivity index (χ0n) is 78.5. The van der Waals surface area contributed by atoms with Crippen LogP contribution < -0.4 is 80.0 Å². The molecule has 13 amide bonds. The molecule has 0 unspecified atom stereocenters. The number of nitrogens with two attached hydrogens (primary N) is 3. The Bertz CT molecular complexity index is 5250. The van der Waals surface area contributed by atoms with E-state index >= 15 is 33.6 Å². The molecule has 138 heavy (non-hydrogen) atoms. The Kier molecular flexibility index (Phi) is 39.4. The molecule has 0 saturated carbocycles. The number of allylic oxidation sites excluding steroid dienone is 4. The number of hydrogen-bond donors (Lipinski definition) is 17. The van der Waals surface area contributed by atoms with E-state index in [1.54, 1.807) is 61.5 Å². The van der Waals surface area contributed by atoms with Crippen molar-refractivity contribution in [3.8, 4) is 11.5 Å². The van der Waals surface area contributed by atoms with Gasteiger partial charge in [-0.1, -0.05) is 145 Å². The third kappa shape index (κ3) is 28.7. The number of phenolic OH excluding ortho intramolecular Hbond substituents is 1. The number of aliphatic hydroxyl groups is 3. The van der Waals surface area contributed by atoms with Gasteiger partial charge < -0.3 is 119 Å². The van der Waals surface area contributed by atoms with Gasteiger partial charge in [-0.05, 0) is 163 Å². The number of esters is 1. The molecule has 0 radical (unpaired) electrons. The van der Waals surface area contributed by atoms with Crippen LogP contribution >= 0.6 is 54.8 Å². The summed E-state index contributed by atoms with van der Waals surface area (Å²) in [6, 6.07) is 5.13. The van der Waals surface area contributed by atoms with E-state index in [0.29, 0.717) is 29.5 Å². The van der Waals surface area contributed by atoms with Crippen molar-refractivity contribution in [2.45, 2.75) is 246 Å². The molecule has 4 aromatic rings. The number of nitrogens with zero attached hydrogens (tertiary/aromatic N) is 2. The normalized spacial score (nSPS) is 29.7. The fourth-order valence-electron chi connectivity index (χ4n) is 16.8. The molecule has 10 rings (SSSR count). The molecule has 39 nitrogen and oxygen atoms in total. The van der Waals surface area contributed by atoms with Crippen LogP contribution in [-0.2, 0) is 112 Å². The van der Waals surface area contributed by atoms with Crippen molar-refractivity contribution in [1.29, 1.82) is 0 Å². The van der Waals surface area contributed by atoms with Crippen molar-refractivity contribution in [2.24, 2.45) is 23.1 Å². The van der Waals surface area contributed by atoms with Gasteiger partial charge in [0.1, 0.15) is 101 Å². The SMILES string of the molecule is COc1cc2cc(c1Cl)N(C)C(=O)C[C@@H]1OC(=O)[C@H](C)N(C)C(=O)CCSSC[C@@H](C(N)=O)NC(=O)[C@H](C)NC(=O)[C@H](C)NC(=O)[C@H]([C@@H](C)O)NC(=O)[C@@H]3CSSC[C@H](NC(=O)[C@H](N)Cc4ccccc4[C@H]([C@@H]4C[C@@](O)(NC(=O)O4)[C@H](OC)C=CC=C(C)C2)[C@@H]2O[C@@]12C)C(=O)C[C@@H](Cc1ccc(O)cc1)C(=O)N[C@H](CC1=CCc2ccccc21)C(=O)N[C@@H](CCCCN)C(=O)N[C@@H]([C@@H](C)O)C(=O)N3. The summed E-state index contributed by atoms with van der Waals surface area (Å²) in [4.78, 5) is 224. The predicted molar refractivity (Wildman–Crippen MR) is 519 cm³/mol. The number of phenols is 1. The summed E-state index contributed by atoms with van der Waals surface area (Å²) in [5.74, 6) is -17.1. The highest BCUT2D eigenvalue weighted by Gasteiger charge is 2.66. The number of halogens is 1. The molecule has 5 aliphatic heterocycles. The smallest absolute Gasteiger partial charge is 0.409 e. The molecule has 0 spiro atoms. The number of amides is 13. The third-order valence-electron chi connectivity index (χ3n) is 25.1. The average Bonchev–Trinajstić information content (AvgIpc) is 1.55. The zero-order valence-corrected chi connectivity index (χ0v) is 82.5. The van der Waals surface area contributed by atoms with E-state index < -0.39 is 252 Å². The number of methoxy groups -OCH3 is 2. The average molecular weight is 2010 g/mol. The van der Waals surface area contributed by atoms with Crippen LogP contribution in [0.5, 0.6) is 11.5 Å². The highest BCUT2D eigenvalue weighted by molar-refractivity contribution is 8.77. The Morgan fingerprint density at radius 3 is 1.96 bits per heavy atom. The molecule has 6 aliphatic rings. The van der Waals surface area contributed by atoms with Gasteiger partial charge in [-0.25, -0.2) is 9.59 Å². The van der Waals surface area contributed by atoms with Crippen molar-refractivity contribution in [3.05, 3.63) is 153 Å². The lowest BCUT2D eigenvalue weighted by Gasteiger charge is -2.43. The maximum atomic E-state index is 15.9. The van der Waals surface area contributed by atoms with Gasteiger partial charge >= 0.3 is 12.1 Å². The number of aromatic hydroxyl groups is 1. The summed E-state index contributed by atoms with van der Waals surface area (Å²) < 4.78 is 31.3. The lowest BCUT2D eigenvalue weighted by molar-refractivity contribution is -0.162. The molecule has 4 aromatic carbocycles. The van der Waals surface area contributed by atoms with Crippen LogP contribution in [0.15, 0.2) is 115 Å². The fraction of sp³-hybridized carbons (Fsp3) is 0.521. The second kappa shape index (κ2) is 49.8. The van der Waals surface area contributed by atoms with Crippen molar-refractivity contribution in [1.82, 2.24) is 58.1 Å². The quantitative estimate of drug-likeness (QED) is 0.0394. The standard InChI is InChI=1S/C94H124ClN15O24S4/c1-47-19-18-25-72(131-11)94(129)43-71(132-92(128)108-94)76-61-23-15-13-21-56(61)39-62(97)85(121)103-65-44-137-138-46-67(105-90(126)79(52(6)112)106-86(122)63(24-16-17-33-96)101-87(123)64(40-57-29-28-55-20-12-14-22-60(55)57)102-84(120)58(41-69(65)114)36-53-26-30-59(113)31-27-53)88(124)107-78(51(5)111)89(125)100-48(2)82(118)99-49(3)83(119)104-66(81(98)117)45-136-135-34-32-74(115)109(8)50(4)91(127)133-73(93(7)80(76)134-93)42-75(116)110(9)68-37-54(35-47)38-70(130-10)77(68)95/h12-15,18-23,25-27,29-31,37-38,48-52,58,62-67,71-73,76,78-80,111-113,129H,16-17,24,28,32-36,39-46,96-97H2,1-11H3,(H2,98,117)(H,99,118)(H,100,125)(H,101,123)(H,102,120)(H,103,121)(H,104,119)(H,105,126)(H,106,122)(H,107,124)(H,108,128)/t48-,49-,50-,51+,52+,58+,62+,63-,64+,65-,66-,67-,71-,72+,73-,76+,78-,79-,80-,93-,94-/m0/s1. The molecule has 3 fully saturated rings. The van der Waals surface area contributed by atoms with Gasteiger partial charge in [0, 0.05) is 75.8 Å². The Balaban J connectivity index is 1.10. The summed E-state index contributed by atoms with van der Waals surface area (Å²) in [6.45, 7) is 9.65. The summed E-state index contributed by atoms with van der Waals surface area (Å²) in [5, 5.41) is 72.1. The number of anilines is 1. The lowest BCUT2D eigenvalue weighted by atomic mass is 9.77. The molecular weight excluding hydrogens is 1890 g/mol. The molecule has 5 heterocycles. The summed E-state index contributed by atoms with van der Waals surface area (Å²) >= 11 is 7.06. The number of primary amides is 1. The second-order valence-corrected chi connectivity index (χ2v) is 41.0. The van der Waals surface area contributed by atoms with Crippen LogP contribution in [0.2, 0.25) is 5.02 Å². The first-order valence-corrected chi connectivity index (χ1v) is 50.7. The topological polar surface area (TPSA) is 591 Å². The van der Waals surface area contributed by atoms with Crippen LogP contribution in [0, 0.1) is 5.92 Å². The Morgan fingerprint density at radius 1 is 0.674 bits per heavy atom. The number of unbranched alkanes of at least 4 members (excludes halogenated alkanes) is 1. The highest BCUT2D eigenvalue weighted by atomic mass is 35.5. The van der Waals surface area contributed by atoms with Gasteiger partial charge in [0.25, 0.3) is 0 Å². The van der Waals surface area contributed by atoms with Crippen LogP contribution in [-0.4, -0.2) is 286 Å². The molecule has 750 valence electrons. The maximum Gasteiger partial charge on any atom is 0.409 e. The van der Waals surface area contributed by atoms with Gasteiger partial charge in [0.2, 0.25) is 70.9 Å². The number of likely N-dealkylation sites (N-methyl/N-ethyl adjacent to an activating group) is 1. The zero-order chi connectivity index (χ0) is 101. The number of carbonyl (C=O) groups excluding carboxylic acids is 15. The number of fused-ring (bicyclic) bond motifs is 13. The molecule has 20 N–H and O–H groups in total. The first-order valence-electron chi connectivity index (χ1n) is 45.3. The first kappa shape index (κ1) is 109. The number of nitrogens with one attached hydrogen (secondary N) is 10. The van der Waals surface area contributed by atoms with Crippen LogP contribution in [0.3, 0.4) is 0 Å². The number of epoxide rings is 1. The molecule has 1 aliphatic carbocycles. The van der Waals surface area contributed by atoms with E-state index in [1.807, 2.05) is 31.2 Å². The number of Topliss-reactive ketones (excluding diaryl/α,β-unsaturated/α-hetero) is 1. The summed E-state index contributed by atoms with van der Waals surface area (Å²) in [5.41, 5.74) is 19.5. The number of carbonyl (C=O) groups is 15. The van der Waals surface area contributed by atoms with Crippen molar-refractivity contribution in [3.63, 3.8) is 0 Å². The highest BCUT2D eigenvalue weighted by Crippen LogP contribution is 2.54. The molecule has 44 heteroatoms. The Morgan fingerprint density at radius 2 is 1.29 bits per heavy atom. The van der Waals surface area contributed by atoms with Gasteiger partial charge in [0.05, 0.1) is 49.4 Å². The van der Waals surface area contributed by atoms with Gasteiger partial charge in [0.15, 0.2) is 11.5 Å². The Hall–Kier alpha value is -10.8. The third-order valence-corrected chi connectivity index (χ3v) is 30.3. The van der Waals surface area contributed by atoms with Gasteiger partial charge in [-0.3, -0.25) is 67.6 Å². The lowest BCUT2D eigenvalue weighted by Crippen LogP contribution is -2.63. The minimum atomic E-state index is -2.30. The summed E-state index contributed by atoms with van der Waals surface area (Å²) in [7, 11) is 9.31. The minimum absolute atomic E-state index is 0.0418. The Labute approximate surface area is 820 Å². The molecular formula is C94H124ClN15O24S4. The number of benzene rings is 4. The van der Waals surface area contributed by atoms with Crippen LogP contribution in [0.4, 0.5) is 10.5 Å². The molecule has 8 bridgehead atoms. The number of ether oxygens (including phenoxy) is 5. The van der Waals surface area contributed by atoms with E-state index in [1.165, 1.54) is 84.3 Å². The van der Waals surface area contributed by atoms with Crippen LogP contribution in [0.25, 0.3) is 5.57 Å². The van der Waals surface area contributed by atoms with E-state index in [0.717, 1.165) is 78.6 Å². The van der Waals surface area contributed by atoms with E-state index in [-0.39, 0.29) is 89.9 Å². The minimum Gasteiger partial charge on any atom is -0.508 e. The van der Waals surface area contributed by atoms with E-state index in [2.05, 4.69) is 53.2 Å². The van der Waals surface area contributed by atoms with Crippen LogP contribution in [0.1, 0.15) is 139 Å². The number of rotatable bonds is 13. The first-order chi connectivity index (χ1) is 65.5. The van der Waals surface area contributed by atoms with Gasteiger partial charge in [-0.15, -0.1) is 0 Å². The second-order valence-electron chi connectivity index (χ2n) is 35.4. The predicted octanol–water partition coefficient (Wildman–Crippen LogP) is 2.04. The number of ketones is 1. The fourth-order valence-corrected chi connectivity index (χ4v) is 21.6. The number of hydrogen-bond acceptors (Lipinski definition) is 30.